The Morgan fingerprint density at radius 2 is 2.21 bits per heavy atom. The second kappa shape index (κ2) is 5.11. The van der Waals surface area contributed by atoms with Crippen molar-refractivity contribution in [3.8, 4) is 5.75 Å². The van der Waals surface area contributed by atoms with Crippen LogP contribution in [0, 0.1) is 3.57 Å². The van der Waals surface area contributed by atoms with E-state index in [1.807, 2.05) is 13.0 Å². The first-order chi connectivity index (χ1) is 6.56. The Balaban J connectivity index is 3.17. The summed E-state index contributed by atoms with van der Waals surface area (Å²) < 4.78 is 7.13. The Kier molecular flexibility index (Phi) is 4.37. The van der Waals surface area contributed by atoms with Crippen LogP contribution in [-0.2, 0) is 0 Å². The maximum atomic E-state index is 11.2. The van der Waals surface area contributed by atoms with E-state index in [4.69, 9.17) is 4.74 Å². The van der Waals surface area contributed by atoms with Gasteiger partial charge in [-0.05, 0) is 64.5 Å². The summed E-state index contributed by atoms with van der Waals surface area (Å²) in [7, 11) is 0. The Bertz CT molecular complexity index is 363. The van der Waals surface area contributed by atoms with Crippen molar-refractivity contribution < 1.29 is 9.53 Å². The average Bonchev–Trinajstić information content (AvgIpc) is 2.10. The number of Topliss-reactive ketones (excluding diaryl/α,β-unsaturated/α-hetero) is 1. The van der Waals surface area contributed by atoms with E-state index in [1.54, 1.807) is 13.0 Å². The lowest BCUT2D eigenvalue weighted by Gasteiger charge is -2.08. The zero-order chi connectivity index (χ0) is 10.7. The molecule has 0 saturated carbocycles. The minimum absolute atomic E-state index is 0.0677. The summed E-state index contributed by atoms with van der Waals surface area (Å²) in [6.07, 6.45) is 0. The third kappa shape index (κ3) is 2.70. The summed E-state index contributed by atoms with van der Waals surface area (Å²) in [4.78, 5) is 11.2. The van der Waals surface area contributed by atoms with Crippen LogP contribution in [0.2, 0.25) is 0 Å². The predicted molar refractivity (Wildman–Crippen MR) is 68.0 cm³/mol. The molecule has 0 radical (unpaired) electrons. The molecule has 2 nitrogen and oxygen atoms in total. The van der Waals surface area contributed by atoms with Gasteiger partial charge in [-0.3, -0.25) is 4.79 Å². The van der Waals surface area contributed by atoms with Crippen LogP contribution >= 0.6 is 38.5 Å². The second-order valence-electron chi connectivity index (χ2n) is 2.75. The van der Waals surface area contributed by atoms with E-state index in [1.165, 1.54) is 0 Å². The van der Waals surface area contributed by atoms with Crippen molar-refractivity contribution in [2.75, 3.05) is 6.61 Å². The Morgan fingerprint density at radius 1 is 1.57 bits per heavy atom. The monoisotopic (exact) mass is 368 g/mol. The number of benzene rings is 1. The third-order valence-electron chi connectivity index (χ3n) is 1.70. The van der Waals surface area contributed by atoms with Crippen LogP contribution in [0.4, 0.5) is 0 Å². The van der Waals surface area contributed by atoms with E-state index in [0.717, 1.165) is 19.4 Å². The molecule has 0 amide bonds. The molecule has 0 fully saturated rings. The molecule has 76 valence electrons. The molecule has 14 heavy (non-hydrogen) atoms. The molecule has 0 aromatic heterocycles. The van der Waals surface area contributed by atoms with Gasteiger partial charge < -0.3 is 4.74 Å². The molecule has 1 aromatic rings. The van der Waals surface area contributed by atoms with Crippen LogP contribution in [0.3, 0.4) is 0 Å². The van der Waals surface area contributed by atoms with Gasteiger partial charge in [-0.25, -0.2) is 0 Å². The van der Waals surface area contributed by atoms with Crippen molar-refractivity contribution in [1.29, 1.82) is 0 Å². The highest BCUT2D eigenvalue weighted by Crippen LogP contribution is 2.29. The molecule has 0 spiro atoms. The summed E-state index contributed by atoms with van der Waals surface area (Å²) in [5.41, 5.74) is 0.723. The summed E-state index contributed by atoms with van der Waals surface area (Å²) in [5, 5.41) is 0. The van der Waals surface area contributed by atoms with E-state index in [2.05, 4.69) is 38.5 Å². The fraction of sp³-hybridized carbons (Fsp3) is 0.300. The first-order valence-corrected chi connectivity index (χ1v) is 6.06. The minimum Gasteiger partial charge on any atom is -0.493 e. The predicted octanol–water partition coefficient (Wildman–Crippen LogP) is 3.66. The maximum Gasteiger partial charge on any atom is 0.160 e. The van der Waals surface area contributed by atoms with Gasteiger partial charge in [0.25, 0.3) is 0 Å². The van der Waals surface area contributed by atoms with Gasteiger partial charge in [0.1, 0.15) is 5.75 Å². The molecular formula is C10H10BrIO2. The maximum absolute atomic E-state index is 11.2. The number of hydrogen-bond acceptors (Lipinski definition) is 2. The van der Waals surface area contributed by atoms with Crippen molar-refractivity contribution in [3.63, 3.8) is 0 Å². The first-order valence-electron chi connectivity index (χ1n) is 4.19. The lowest BCUT2D eigenvalue weighted by molar-refractivity contribution is 0.101. The zero-order valence-corrected chi connectivity index (χ0v) is 11.7. The topological polar surface area (TPSA) is 26.3 Å². The van der Waals surface area contributed by atoms with Gasteiger partial charge >= 0.3 is 0 Å². The van der Waals surface area contributed by atoms with Crippen molar-refractivity contribution in [1.82, 2.24) is 0 Å². The fourth-order valence-electron chi connectivity index (χ4n) is 1.06. The lowest BCUT2D eigenvalue weighted by Crippen LogP contribution is -1.99. The normalized spacial score (nSPS) is 10.0. The van der Waals surface area contributed by atoms with Crippen molar-refractivity contribution >= 4 is 44.3 Å². The van der Waals surface area contributed by atoms with Crippen LogP contribution in [0.15, 0.2) is 16.6 Å². The number of rotatable bonds is 3. The van der Waals surface area contributed by atoms with E-state index in [0.29, 0.717) is 6.61 Å². The molecule has 0 bridgehead atoms. The first kappa shape index (κ1) is 12.0. The standard InChI is InChI=1S/C10H10BrIO2/c1-3-14-10-5-9(12)7(6(2)13)4-8(10)11/h4-5H,3H2,1-2H3. The number of ketones is 1. The summed E-state index contributed by atoms with van der Waals surface area (Å²) >= 11 is 5.51. The minimum atomic E-state index is 0.0677. The zero-order valence-electron chi connectivity index (χ0n) is 7.93. The van der Waals surface area contributed by atoms with Crippen LogP contribution in [-0.4, -0.2) is 12.4 Å². The van der Waals surface area contributed by atoms with E-state index < -0.39 is 0 Å². The van der Waals surface area contributed by atoms with Gasteiger partial charge in [-0.1, -0.05) is 0 Å². The molecule has 0 aliphatic rings. The highest BCUT2D eigenvalue weighted by molar-refractivity contribution is 14.1. The lowest BCUT2D eigenvalue weighted by atomic mass is 10.1. The van der Waals surface area contributed by atoms with Gasteiger partial charge in [0.2, 0.25) is 0 Å². The van der Waals surface area contributed by atoms with E-state index in [-0.39, 0.29) is 5.78 Å². The van der Waals surface area contributed by atoms with Gasteiger partial charge in [0, 0.05) is 9.13 Å². The molecule has 1 rings (SSSR count). The third-order valence-corrected chi connectivity index (χ3v) is 3.21. The number of ether oxygens (including phenoxy) is 1. The van der Waals surface area contributed by atoms with Crippen molar-refractivity contribution in [3.05, 3.63) is 25.7 Å². The van der Waals surface area contributed by atoms with Gasteiger partial charge in [0.15, 0.2) is 5.78 Å². The van der Waals surface area contributed by atoms with Gasteiger partial charge in [0.05, 0.1) is 11.1 Å². The fourth-order valence-corrected chi connectivity index (χ4v) is 2.34. The SMILES string of the molecule is CCOc1cc(I)c(C(C)=O)cc1Br. The molecule has 0 aliphatic heterocycles. The molecule has 0 unspecified atom stereocenters. The van der Waals surface area contributed by atoms with E-state index in [9.17, 15) is 4.79 Å². The molecule has 0 N–H and O–H groups in total. The summed E-state index contributed by atoms with van der Waals surface area (Å²) in [6, 6.07) is 3.67. The number of carbonyl (C=O) groups excluding carboxylic acids is 1. The Labute approximate surface area is 105 Å². The van der Waals surface area contributed by atoms with Crippen LogP contribution in [0.5, 0.6) is 5.75 Å². The Hall–Kier alpha value is -0.100. The van der Waals surface area contributed by atoms with E-state index >= 15 is 0 Å². The molecule has 0 saturated heterocycles. The average molecular weight is 369 g/mol. The molecule has 0 atom stereocenters. The van der Waals surface area contributed by atoms with Crippen LogP contribution in [0.25, 0.3) is 0 Å². The Morgan fingerprint density at radius 3 is 2.71 bits per heavy atom. The highest BCUT2D eigenvalue weighted by Gasteiger charge is 2.10. The van der Waals surface area contributed by atoms with Gasteiger partial charge in [-0.2, -0.15) is 0 Å². The molecule has 1 aromatic carbocycles. The summed E-state index contributed by atoms with van der Waals surface area (Å²) in [5.74, 6) is 0.847. The summed E-state index contributed by atoms with van der Waals surface area (Å²) in [6.45, 7) is 4.11. The van der Waals surface area contributed by atoms with Crippen LogP contribution in [0.1, 0.15) is 24.2 Å². The highest BCUT2D eigenvalue weighted by atomic mass is 127. The molecule has 0 aliphatic carbocycles. The van der Waals surface area contributed by atoms with Gasteiger partial charge in [-0.15, -0.1) is 0 Å². The second-order valence-corrected chi connectivity index (χ2v) is 4.77. The van der Waals surface area contributed by atoms with Crippen LogP contribution < -0.4 is 4.74 Å². The quantitative estimate of drug-likeness (QED) is 0.601. The molecular weight excluding hydrogens is 359 g/mol. The smallest absolute Gasteiger partial charge is 0.160 e. The number of hydrogen-bond donors (Lipinski definition) is 0. The molecule has 4 heteroatoms. The number of carbonyl (C=O) groups is 1. The largest absolute Gasteiger partial charge is 0.493 e. The molecule has 0 heterocycles. The van der Waals surface area contributed by atoms with Crippen molar-refractivity contribution in [2.45, 2.75) is 13.8 Å². The van der Waals surface area contributed by atoms with Crippen molar-refractivity contribution in [2.24, 2.45) is 0 Å². The number of halogens is 2.